The van der Waals surface area contributed by atoms with Crippen LogP contribution in [0.2, 0.25) is 0 Å². The van der Waals surface area contributed by atoms with Gasteiger partial charge in [-0.3, -0.25) is 4.79 Å². The molecular formula is C26H28F3N3O3. The van der Waals surface area contributed by atoms with E-state index in [4.69, 9.17) is 0 Å². The van der Waals surface area contributed by atoms with Gasteiger partial charge >= 0.3 is 12.2 Å². The fourth-order valence-electron chi connectivity index (χ4n) is 4.73. The second kappa shape index (κ2) is 9.03. The van der Waals surface area contributed by atoms with Crippen LogP contribution >= 0.6 is 0 Å². The van der Waals surface area contributed by atoms with E-state index in [0.717, 1.165) is 11.6 Å². The molecule has 0 fully saturated rings. The molecule has 1 aliphatic heterocycles. The maximum atomic E-state index is 13.2. The zero-order chi connectivity index (χ0) is 25.5. The van der Waals surface area contributed by atoms with E-state index >= 15 is 0 Å². The highest BCUT2D eigenvalue weighted by Gasteiger charge is 2.34. The summed E-state index contributed by atoms with van der Waals surface area (Å²) in [6.45, 7) is 6.09. The molecule has 4 rings (SSSR count). The van der Waals surface area contributed by atoms with Crippen molar-refractivity contribution in [2.75, 3.05) is 17.2 Å². The summed E-state index contributed by atoms with van der Waals surface area (Å²) < 4.78 is 39.6. The SMILES string of the molecule is C[C@H](O)CN1Cc2ccc(NC(=O)/C=C3\CC(C)(C)Cc4cc(C(F)(F)F)ccc43)cc2NC1=O. The maximum absolute atomic E-state index is 13.2. The number of urea groups is 1. The van der Waals surface area contributed by atoms with Crippen molar-refractivity contribution in [1.82, 2.24) is 4.90 Å². The molecule has 0 unspecified atom stereocenters. The van der Waals surface area contributed by atoms with Crippen LogP contribution in [0, 0.1) is 5.41 Å². The van der Waals surface area contributed by atoms with E-state index in [1.807, 2.05) is 13.8 Å². The van der Waals surface area contributed by atoms with Crippen molar-refractivity contribution in [2.24, 2.45) is 5.41 Å². The van der Waals surface area contributed by atoms with Crippen LogP contribution < -0.4 is 10.6 Å². The number of aliphatic hydroxyl groups is 1. The van der Waals surface area contributed by atoms with Crippen molar-refractivity contribution in [3.63, 3.8) is 0 Å². The molecule has 9 heteroatoms. The lowest BCUT2D eigenvalue weighted by Crippen LogP contribution is -2.42. The lowest BCUT2D eigenvalue weighted by molar-refractivity contribution is -0.137. The number of alkyl halides is 3. The number of anilines is 2. The Bertz CT molecular complexity index is 1200. The third kappa shape index (κ3) is 5.67. The fourth-order valence-corrected chi connectivity index (χ4v) is 4.73. The Morgan fingerprint density at radius 2 is 1.94 bits per heavy atom. The first-order valence-electron chi connectivity index (χ1n) is 11.4. The van der Waals surface area contributed by atoms with Crippen molar-refractivity contribution in [3.8, 4) is 0 Å². The average molecular weight is 488 g/mol. The average Bonchev–Trinajstić information content (AvgIpc) is 2.72. The van der Waals surface area contributed by atoms with Gasteiger partial charge in [0.2, 0.25) is 5.91 Å². The zero-order valence-electron chi connectivity index (χ0n) is 19.8. The predicted molar refractivity (Wildman–Crippen MR) is 128 cm³/mol. The van der Waals surface area contributed by atoms with Crippen LogP contribution in [-0.2, 0) is 23.9 Å². The monoisotopic (exact) mass is 487 g/mol. The number of amides is 3. The number of hydrogen-bond donors (Lipinski definition) is 3. The molecule has 186 valence electrons. The maximum Gasteiger partial charge on any atom is 0.416 e. The summed E-state index contributed by atoms with van der Waals surface area (Å²) in [7, 11) is 0. The highest BCUT2D eigenvalue weighted by atomic mass is 19.4. The number of carbonyl (C=O) groups excluding carboxylic acids is 2. The largest absolute Gasteiger partial charge is 0.416 e. The molecule has 0 radical (unpaired) electrons. The number of β-amino-alcohol motifs (C(OH)–C–C–N with tert-alkyl or cyclic N) is 1. The molecule has 2 aromatic carbocycles. The molecule has 0 saturated carbocycles. The van der Waals surface area contributed by atoms with Crippen molar-refractivity contribution in [3.05, 3.63) is 64.7 Å². The summed E-state index contributed by atoms with van der Waals surface area (Å²) in [4.78, 5) is 26.6. The summed E-state index contributed by atoms with van der Waals surface area (Å²) in [5, 5.41) is 15.1. The number of rotatable bonds is 4. The number of fused-ring (bicyclic) bond motifs is 2. The van der Waals surface area contributed by atoms with Gasteiger partial charge in [-0.15, -0.1) is 0 Å². The number of allylic oxidation sites excluding steroid dienone is 1. The predicted octanol–water partition coefficient (Wildman–Crippen LogP) is 5.43. The summed E-state index contributed by atoms with van der Waals surface area (Å²) in [6.07, 6.45) is -2.59. The van der Waals surface area contributed by atoms with Gasteiger partial charge in [0.05, 0.1) is 11.7 Å². The van der Waals surface area contributed by atoms with Crippen LogP contribution in [0.3, 0.4) is 0 Å². The molecule has 1 atom stereocenters. The van der Waals surface area contributed by atoms with E-state index in [9.17, 15) is 27.9 Å². The van der Waals surface area contributed by atoms with Crippen molar-refractivity contribution >= 4 is 28.9 Å². The van der Waals surface area contributed by atoms with Crippen molar-refractivity contribution in [2.45, 2.75) is 52.4 Å². The minimum atomic E-state index is -4.42. The van der Waals surface area contributed by atoms with E-state index in [1.54, 1.807) is 25.1 Å². The summed E-state index contributed by atoms with van der Waals surface area (Å²) in [6, 6.07) is 8.53. The van der Waals surface area contributed by atoms with Gasteiger partial charge in [0.1, 0.15) is 0 Å². The molecule has 0 spiro atoms. The van der Waals surface area contributed by atoms with Crippen LogP contribution in [0.1, 0.15) is 49.4 Å². The normalized spacial score (nSPS) is 19.0. The minimum absolute atomic E-state index is 0.208. The number of hydrogen-bond acceptors (Lipinski definition) is 3. The number of aliphatic hydroxyl groups excluding tert-OH is 1. The molecule has 3 N–H and O–H groups in total. The van der Waals surface area contributed by atoms with Crippen molar-refractivity contribution in [1.29, 1.82) is 0 Å². The molecule has 2 aliphatic rings. The van der Waals surface area contributed by atoms with Crippen LogP contribution in [-0.4, -0.2) is 34.6 Å². The number of halogens is 3. The molecule has 1 aliphatic carbocycles. The zero-order valence-corrected chi connectivity index (χ0v) is 19.8. The minimum Gasteiger partial charge on any atom is -0.392 e. The molecule has 2 aromatic rings. The van der Waals surface area contributed by atoms with Gasteiger partial charge in [0, 0.05) is 30.5 Å². The second-order valence-electron chi connectivity index (χ2n) is 10.1. The summed E-state index contributed by atoms with van der Waals surface area (Å²) in [5.41, 5.74) is 2.84. The van der Waals surface area contributed by atoms with Crippen LogP contribution in [0.4, 0.5) is 29.3 Å². The van der Waals surface area contributed by atoms with E-state index in [2.05, 4.69) is 10.6 Å². The Balaban J connectivity index is 1.55. The Kier molecular flexibility index (Phi) is 6.40. The Morgan fingerprint density at radius 1 is 1.20 bits per heavy atom. The van der Waals surface area contributed by atoms with E-state index < -0.39 is 23.8 Å². The third-order valence-corrected chi connectivity index (χ3v) is 6.17. The summed E-state index contributed by atoms with van der Waals surface area (Å²) in [5.74, 6) is -0.402. The van der Waals surface area contributed by atoms with Crippen molar-refractivity contribution < 1.29 is 27.9 Å². The molecule has 1 heterocycles. The van der Waals surface area contributed by atoms with Gasteiger partial charge in [-0.05, 0) is 71.7 Å². The van der Waals surface area contributed by atoms with Crippen LogP contribution in [0.15, 0.2) is 42.5 Å². The highest BCUT2D eigenvalue weighted by molar-refractivity contribution is 6.05. The number of carbonyl (C=O) groups is 2. The Hall–Kier alpha value is -3.33. The van der Waals surface area contributed by atoms with Crippen LogP contribution in [0.5, 0.6) is 0 Å². The van der Waals surface area contributed by atoms with Crippen LogP contribution in [0.25, 0.3) is 5.57 Å². The first-order chi connectivity index (χ1) is 16.3. The second-order valence-corrected chi connectivity index (χ2v) is 10.1. The van der Waals surface area contributed by atoms with Gasteiger partial charge < -0.3 is 20.6 Å². The van der Waals surface area contributed by atoms with Gasteiger partial charge in [-0.1, -0.05) is 26.0 Å². The first-order valence-corrected chi connectivity index (χ1v) is 11.4. The van der Waals surface area contributed by atoms with Gasteiger partial charge in [-0.2, -0.15) is 13.2 Å². The Labute approximate surface area is 201 Å². The van der Waals surface area contributed by atoms with E-state index in [-0.39, 0.29) is 18.0 Å². The topological polar surface area (TPSA) is 81.7 Å². The first kappa shape index (κ1) is 24.8. The molecule has 0 bridgehead atoms. The molecule has 3 amide bonds. The lowest BCUT2D eigenvalue weighted by Gasteiger charge is -2.33. The van der Waals surface area contributed by atoms with E-state index in [0.29, 0.717) is 47.5 Å². The lowest BCUT2D eigenvalue weighted by atomic mass is 9.71. The molecule has 0 aromatic heterocycles. The number of nitrogens with zero attached hydrogens (tertiary/aromatic N) is 1. The highest BCUT2D eigenvalue weighted by Crippen LogP contribution is 2.43. The van der Waals surface area contributed by atoms with E-state index in [1.165, 1.54) is 23.1 Å². The fraction of sp³-hybridized carbons (Fsp3) is 0.385. The van der Waals surface area contributed by atoms with Gasteiger partial charge in [0.15, 0.2) is 0 Å². The molecule has 0 saturated heterocycles. The van der Waals surface area contributed by atoms with Gasteiger partial charge in [-0.25, -0.2) is 4.79 Å². The molecule has 35 heavy (non-hydrogen) atoms. The quantitative estimate of drug-likeness (QED) is 0.503. The summed E-state index contributed by atoms with van der Waals surface area (Å²) >= 11 is 0. The standard InChI is InChI=1S/C26H28F3N3O3/c1-15(33)13-32-14-16-4-6-20(10-22(16)31-24(32)35)30-23(34)9-18-12-25(2,3)11-17-8-19(26(27,28)29)5-7-21(17)18/h4-10,15,33H,11-14H2,1-3H3,(H,30,34)(H,31,35)/b18-9+/t15-/m0/s1. The Morgan fingerprint density at radius 3 is 2.63 bits per heavy atom. The third-order valence-electron chi connectivity index (χ3n) is 6.17. The number of benzene rings is 2. The smallest absolute Gasteiger partial charge is 0.392 e. The molecule has 6 nitrogen and oxygen atoms in total. The van der Waals surface area contributed by atoms with Gasteiger partial charge in [0.25, 0.3) is 0 Å². The number of nitrogens with one attached hydrogen (secondary N) is 2. The molecular weight excluding hydrogens is 459 g/mol.